The minimum absolute atomic E-state index is 0.0363. The zero-order valence-corrected chi connectivity index (χ0v) is 11.9. The predicted octanol–water partition coefficient (Wildman–Crippen LogP) is 2.52. The molecule has 5 nitrogen and oxygen atoms in total. The number of rotatable bonds is 2. The molecular weight excluding hydrogens is 270 g/mol. The number of carboxylic acids is 1. The first-order chi connectivity index (χ1) is 9.96. The highest BCUT2D eigenvalue weighted by Crippen LogP contribution is 2.48. The van der Waals surface area contributed by atoms with Crippen molar-refractivity contribution in [1.29, 1.82) is 0 Å². The number of carboxylic acid groups (broad SMARTS) is 1. The van der Waals surface area contributed by atoms with Crippen molar-refractivity contribution in [2.75, 3.05) is 4.90 Å². The Kier molecular flexibility index (Phi) is 3.08. The molecule has 1 aromatic carbocycles. The first kappa shape index (κ1) is 13.8. The van der Waals surface area contributed by atoms with Crippen molar-refractivity contribution < 1.29 is 19.5 Å². The highest BCUT2D eigenvalue weighted by Gasteiger charge is 2.53. The normalized spacial score (nSPS) is 20.5. The quantitative estimate of drug-likeness (QED) is 0.848. The molecule has 21 heavy (non-hydrogen) atoms. The summed E-state index contributed by atoms with van der Waals surface area (Å²) in [7, 11) is 0. The summed E-state index contributed by atoms with van der Waals surface area (Å²) in [4.78, 5) is 37.7. The highest BCUT2D eigenvalue weighted by molar-refractivity contribution is 6.24. The molecule has 2 amide bonds. The number of nitrogens with zero attached hydrogens (tertiary/aromatic N) is 1. The largest absolute Gasteiger partial charge is 0.478 e. The number of aryl methyl sites for hydroxylation is 1. The molecule has 1 aliphatic carbocycles. The van der Waals surface area contributed by atoms with Gasteiger partial charge in [0, 0.05) is 6.42 Å². The van der Waals surface area contributed by atoms with E-state index in [9.17, 15) is 19.5 Å². The van der Waals surface area contributed by atoms with Crippen LogP contribution in [-0.2, 0) is 9.59 Å². The molecule has 3 rings (SSSR count). The lowest BCUT2D eigenvalue weighted by Crippen LogP contribution is -2.35. The van der Waals surface area contributed by atoms with Crippen LogP contribution in [0, 0.1) is 12.3 Å². The van der Waals surface area contributed by atoms with Crippen LogP contribution >= 0.6 is 0 Å². The topological polar surface area (TPSA) is 74.7 Å². The van der Waals surface area contributed by atoms with Gasteiger partial charge < -0.3 is 5.11 Å². The van der Waals surface area contributed by atoms with Crippen LogP contribution in [0.1, 0.15) is 48.0 Å². The Labute approximate surface area is 122 Å². The Bertz CT molecular complexity index is 644. The van der Waals surface area contributed by atoms with Crippen molar-refractivity contribution in [3.8, 4) is 0 Å². The smallest absolute Gasteiger partial charge is 0.338 e. The Morgan fingerprint density at radius 3 is 2.52 bits per heavy atom. The van der Waals surface area contributed by atoms with E-state index in [1.165, 1.54) is 0 Å². The molecule has 1 aliphatic heterocycles. The van der Waals surface area contributed by atoms with Gasteiger partial charge in [0.05, 0.1) is 16.7 Å². The van der Waals surface area contributed by atoms with Gasteiger partial charge in [-0.1, -0.05) is 25.0 Å². The second-order valence-corrected chi connectivity index (χ2v) is 5.97. The van der Waals surface area contributed by atoms with Crippen molar-refractivity contribution >= 4 is 23.5 Å². The maximum Gasteiger partial charge on any atom is 0.338 e. The molecule has 0 atom stereocenters. The summed E-state index contributed by atoms with van der Waals surface area (Å²) in [5.74, 6) is -1.62. The van der Waals surface area contributed by atoms with Crippen molar-refractivity contribution in [3.63, 3.8) is 0 Å². The van der Waals surface area contributed by atoms with Crippen molar-refractivity contribution in [2.45, 2.75) is 39.0 Å². The molecule has 5 heteroatoms. The van der Waals surface area contributed by atoms with E-state index in [1.807, 2.05) is 0 Å². The van der Waals surface area contributed by atoms with Crippen LogP contribution in [0.2, 0.25) is 0 Å². The van der Waals surface area contributed by atoms with E-state index >= 15 is 0 Å². The zero-order valence-electron chi connectivity index (χ0n) is 11.9. The van der Waals surface area contributed by atoms with Crippen LogP contribution in [0.3, 0.4) is 0 Å². The third-order valence-corrected chi connectivity index (χ3v) is 4.66. The highest BCUT2D eigenvalue weighted by atomic mass is 16.4. The monoisotopic (exact) mass is 287 g/mol. The van der Waals surface area contributed by atoms with Crippen LogP contribution in [0.25, 0.3) is 0 Å². The van der Waals surface area contributed by atoms with Gasteiger partial charge in [-0.2, -0.15) is 0 Å². The molecule has 110 valence electrons. The number of carbonyl (C=O) groups excluding carboxylic acids is 2. The summed E-state index contributed by atoms with van der Waals surface area (Å²) < 4.78 is 0. The summed E-state index contributed by atoms with van der Waals surface area (Å²) in [5.41, 5.74) is 0.208. The Morgan fingerprint density at radius 2 is 1.90 bits per heavy atom. The Hall–Kier alpha value is -2.17. The van der Waals surface area contributed by atoms with Crippen LogP contribution in [0.5, 0.6) is 0 Å². The number of hydrogen-bond acceptors (Lipinski definition) is 3. The first-order valence-corrected chi connectivity index (χ1v) is 7.17. The number of hydrogen-bond donors (Lipinski definition) is 1. The summed E-state index contributed by atoms with van der Waals surface area (Å²) in [5, 5.41) is 9.39. The summed E-state index contributed by atoms with van der Waals surface area (Å²) >= 11 is 0. The van der Waals surface area contributed by atoms with Gasteiger partial charge in [-0.15, -0.1) is 0 Å². The third kappa shape index (κ3) is 1.95. The van der Waals surface area contributed by atoms with Gasteiger partial charge in [0.15, 0.2) is 0 Å². The molecule has 0 unspecified atom stereocenters. The number of imide groups is 1. The van der Waals surface area contributed by atoms with E-state index in [0.29, 0.717) is 5.56 Å². The SMILES string of the molecule is Cc1cccc(N2C(=O)CC3(CCCC3)C2=O)c1C(=O)O. The summed E-state index contributed by atoms with van der Waals surface area (Å²) in [6.07, 6.45) is 3.56. The van der Waals surface area contributed by atoms with E-state index in [0.717, 1.165) is 30.6 Å². The summed E-state index contributed by atoms with van der Waals surface area (Å²) in [6.45, 7) is 1.67. The molecule has 0 radical (unpaired) electrons. The van der Waals surface area contributed by atoms with Crippen molar-refractivity contribution in [1.82, 2.24) is 0 Å². The average Bonchev–Trinajstić information content (AvgIpc) is 2.96. The number of benzene rings is 1. The van der Waals surface area contributed by atoms with Crippen LogP contribution in [0.4, 0.5) is 5.69 Å². The molecule has 0 aromatic heterocycles. The van der Waals surface area contributed by atoms with Gasteiger partial charge >= 0.3 is 5.97 Å². The van der Waals surface area contributed by atoms with Crippen molar-refractivity contribution in [2.24, 2.45) is 5.41 Å². The number of amides is 2. The molecule has 1 spiro atoms. The lowest BCUT2D eigenvalue weighted by molar-refractivity contribution is -0.125. The molecule has 2 fully saturated rings. The standard InChI is InChI=1S/C16H17NO4/c1-10-5-4-6-11(13(10)14(19)20)17-12(18)9-16(15(17)21)7-2-3-8-16/h4-6H,2-3,7-9H2,1H3,(H,19,20). The van der Waals surface area contributed by atoms with Crippen LogP contribution < -0.4 is 4.90 Å². The first-order valence-electron chi connectivity index (χ1n) is 7.17. The summed E-state index contributed by atoms with van der Waals surface area (Å²) in [6, 6.07) is 4.89. The van der Waals surface area contributed by atoms with Gasteiger partial charge in [-0.3, -0.25) is 9.59 Å². The molecule has 1 saturated heterocycles. The van der Waals surface area contributed by atoms with Gasteiger partial charge in [0.2, 0.25) is 11.8 Å². The zero-order chi connectivity index (χ0) is 15.2. The molecule has 1 aromatic rings. The Balaban J connectivity index is 2.09. The second-order valence-electron chi connectivity index (χ2n) is 5.97. The molecule has 1 heterocycles. The Morgan fingerprint density at radius 1 is 1.24 bits per heavy atom. The maximum absolute atomic E-state index is 12.7. The van der Waals surface area contributed by atoms with Gasteiger partial charge in [-0.25, -0.2) is 9.69 Å². The third-order valence-electron chi connectivity index (χ3n) is 4.66. The van der Waals surface area contributed by atoms with Crippen LogP contribution in [0.15, 0.2) is 18.2 Å². The fraction of sp³-hybridized carbons (Fsp3) is 0.438. The molecule has 1 saturated carbocycles. The van der Waals surface area contributed by atoms with Gasteiger partial charge in [-0.05, 0) is 31.4 Å². The van der Waals surface area contributed by atoms with Crippen molar-refractivity contribution in [3.05, 3.63) is 29.3 Å². The minimum Gasteiger partial charge on any atom is -0.478 e. The van der Waals surface area contributed by atoms with E-state index in [-0.39, 0.29) is 29.5 Å². The lowest BCUT2D eigenvalue weighted by atomic mass is 9.84. The fourth-order valence-electron chi connectivity index (χ4n) is 3.60. The van der Waals surface area contributed by atoms with Gasteiger partial charge in [0.25, 0.3) is 0 Å². The van der Waals surface area contributed by atoms with E-state index < -0.39 is 11.4 Å². The number of carbonyl (C=O) groups is 3. The molecular formula is C16H17NO4. The number of aromatic carboxylic acids is 1. The second kappa shape index (κ2) is 4.69. The average molecular weight is 287 g/mol. The van der Waals surface area contributed by atoms with E-state index in [4.69, 9.17) is 0 Å². The number of anilines is 1. The van der Waals surface area contributed by atoms with E-state index in [1.54, 1.807) is 25.1 Å². The maximum atomic E-state index is 12.7. The molecule has 2 aliphatic rings. The fourth-order valence-corrected chi connectivity index (χ4v) is 3.60. The minimum atomic E-state index is -1.11. The predicted molar refractivity (Wildman–Crippen MR) is 76.1 cm³/mol. The molecule has 1 N–H and O–H groups in total. The van der Waals surface area contributed by atoms with Crippen LogP contribution in [-0.4, -0.2) is 22.9 Å². The van der Waals surface area contributed by atoms with E-state index in [2.05, 4.69) is 0 Å². The lowest BCUT2D eigenvalue weighted by Gasteiger charge is -2.22. The van der Waals surface area contributed by atoms with Gasteiger partial charge in [0.1, 0.15) is 0 Å². The molecule has 0 bridgehead atoms.